The van der Waals surface area contributed by atoms with E-state index in [9.17, 15) is 0 Å². The van der Waals surface area contributed by atoms with Gasteiger partial charge in [0.05, 0.1) is 0 Å². The fourth-order valence-electron chi connectivity index (χ4n) is 2.10. The summed E-state index contributed by atoms with van der Waals surface area (Å²) < 4.78 is 0. The lowest BCUT2D eigenvalue weighted by Gasteiger charge is -2.20. The highest BCUT2D eigenvalue weighted by Gasteiger charge is 2.13. The summed E-state index contributed by atoms with van der Waals surface area (Å²) in [5.74, 6) is 0.998. The molecule has 0 aromatic carbocycles. The van der Waals surface area contributed by atoms with Crippen molar-refractivity contribution in [3.05, 3.63) is 22.4 Å². The van der Waals surface area contributed by atoms with E-state index in [1.54, 1.807) is 4.88 Å². The Morgan fingerprint density at radius 1 is 1.31 bits per heavy atom. The lowest BCUT2D eigenvalue weighted by molar-refractivity contribution is 0.137. The summed E-state index contributed by atoms with van der Waals surface area (Å²) in [6.45, 7) is 0. The number of carboxylic acid groups (broad SMARTS) is 2. The molecule has 3 nitrogen and oxygen atoms in total. The van der Waals surface area contributed by atoms with Crippen LogP contribution in [0.2, 0.25) is 0 Å². The Labute approximate surface area is 99.7 Å². The Morgan fingerprint density at radius 3 is 2.44 bits per heavy atom. The maximum atomic E-state index is 8.56. The molecule has 1 saturated carbocycles. The second-order valence-electron chi connectivity index (χ2n) is 4.07. The summed E-state index contributed by atoms with van der Waals surface area (Å²) in [4.78, 5) is 10.1. The molecule has 0 bridgehead atoms. The molecule has 1 fully saturated rings. The first-order chi connectivity index (χ1) is 7.68. The summed E-state index contributed by atoms with van der Waals surface area (Å²) >= 11 is 1.92. The highest BCUT2D eigenvalue weighted by molar-refractivity contribution is 7.09. The molecule has 1 aliphatic rings. The average Bonchev–Trinajstić information content (AvgIpc) is 2.71. The van der Waals surface area contributed by atoms with Crippen molar-refractivity contribution in [1.82, 2.24) is 0 Å². The zero-order valence-corrected chi connectivity index (χ0v) is 10.1. The van der Waals surface area contributed by atoms with Gasteiger partial charge < -0.3 is 10.2 Å². The summed E-state index contributed by atoms with van der Waals surface area (Å²) in [6.07, 6.45) is 6.86. The predicted octanol–water partition coefficient (Wildman–Crippen LogP) is 4.09. The van der Waals surface area contributed by atoms with Crippen LogP contribution in [0.3, 0.4) is 0 Å². The Hall–Kier alpha value is -1.03. The maximum Gasteiger partial charge on any atom is 0.503 e. The molecule has 0 amide bonds. The first-order valence-corrected chi connectivity index (χ1v) is 6.50. The van der Waals surface area contributed by atoms with Crippen molar-refractivity contribution in [1.29, 1.82) is 0 Å². The van der Waals surface area contributed by atoms with E-state index in [0.717, 1.165) is 5.92 Å². The number of hydrogen-bond acceptors (Lipinski definition) is 2. The molecule has 0 radical (unpaired) electrons. The molecule has 1 heterocycles. The molecule has 0 saturated heterocycles. The van der Waals surface area contributed by atoms with Gasteiger partial charge in [0, 0.05) is 4.88 Å². The van der Waals surface area contributed by atoms with Crippen molar-refractivity contribution in [2.24, 2.45) is 5.92 Å². The lowest BCUT2D eigenvalue weighted by Crippen LogP contribution is -2.08. The monoisotopic (exact) mass is 242 g/mol. The van der Waals surface area contributed by atoms with E-state index < -0.39 is 6.16 Å². The van der Waals surface area contributed by atoms with Gasteiger partial charge in [-0.3, -0.25) is 0 Å². The van der Waals surface area contributed by atoms with Gasteiger partial charge in [-0.15, -0.1) is 11.3 Å². The van der Waals surface area contributed by atoms with E-state index in [4.69, 9.17) is 15.0 Å². The first-order valence-electron chi connectivity index (χ1n) is 5.62. The van der Waals surface area contributed by atoms with Crippen LogP contribution in [0, 0.1) is 5.92 Å². The Morgan fingerprint density at radius 2 is 1.94 bits per heavy atom. The van der Waals surface area contributed by atoms with E-state index in [-0.39, 0.29) is 0 Å². The summed E-state index contributed by atoms with van der Waals surface area (Å²) in [7, 11) is 0. The molecule has 0 unspecified atom stereocenters. The van der Waals surface area contributed by atoms with Gasteiger partial charge in [0.2, 0.25) is 0 Å². The van der Waals surface area contributed by atoms with Crippen LogP contribution in [-0.2, 0) is 6.42 Å². The van der Waals surface area contributed by atoms with Crippen molar-refractivity contribution in [3.63, 3.8) is 0 Å². The standard InChI is InChI=1S/C11H16S.CH2O3/c1-2-5-10(6-3-1)9-11-7-4-8-12-11;2-1(3)4/h4,7-8,10H,1-3,5-6,9H2;(H2,2,3,4). The number of rotatable bonds is 2. The molecule has 0 atom stereocenters. The van der Waals surface area contributed by atoms with Crippen molar-refractivity contribution in [3.8, 4) is 0 Å². The Kier molecular flexibility index (Phi) is 5.93. The quantitative estimate of drug-likeness (QED) is 0.821. The third-order valence-electron chi connectivity index (χ3n) is 2.79. The van der Waals surface area contributed by atoms with E-state index in [1.807, 2.05) is 11.3 Å². The number of thiophene rings is 1. The molecule has 16 heavy (non-hydrogen) atoms. The third-order valence-corrected chi connectivity index (χ3v) is 3.69. The predicted molar refractivity (Wildman–Crippen MR) is 65.3 cm³/mol. The van der Waals surface area contributed by atoms with Crippen molar-refractivity contribution in [2.75, 3.05) is 0 Å². The minimum atomic E-state index is -1.83. The van der Waals surface area contributed by atoms with E-state index in [1.165, 1.54) is 38.5 Å². The van der Waals surface area contributed by atoms with Gasteiger partial charge in [-0.25, -0.2) is 4.79 Å². The molecular formula is C12H18O3S. The maximum absolute atomic E-state index is 8.56. The van der Waals surface area contributed by atoms with Crippen LogP contribution in [0.15, 0.2) is 17.5 Å². The average molecular weight is 242 g/mol. The van der Waals surface area contributed by atoms with Crippen LogP contribution >= 0.6 is 11.3 Å². The van der Waals surface area contributed by atoms with Gasteiger partial charge in [0.15, 0.2) is 0 Å². The third kappa shape index (κ3) is 5.75. The van der Waals surface area contributed by atoms with Gasteiger partial charge in [-0.2, -0.15) is 0 Å². The fraction of sp³-hybridized carbons (Fsp3) is 0.583. The second-order valence-corrected chi connectivity index (χ2v) is 5.10. The van der Waals surface area contributed by atoms with Gasteiger partial charge >= 0.3 is 6.16 Å². The molecule has 90 valence electrons. The number of carbonyl (C=O) groups is 1. The van der Waals surface area contributed by atoms with E-state index in [2.05, 4.69) is 17.5 Å². The minimum absolute atomic E-state index is 0.998. The molecular weight excluding hydrogens is 224 g/mol. The van der Waals surface area contributed by atoms with Gasteiger partial charge in [0.1, 0.15) is 0 Å². The molecule has 1 aromatic rings. The Bertz CT molecular complexity index is 285. The number of hydrogen-bond donors (Lipinski definition) is 2. The van der Waals surface area contributed by atoms with Crippen molar-refractivity contribution < 1.29 is 15.0 Å². The molecule has 2 N–H and O–H groups in total. The smallest absolute Gasteiger partial charge is 0.450 e. The van der Waals surface area contributed by atoms with Crippen molar-refractivity contribution >= 4 is 17.5 Å². The lowest BCUT2D eigenvalue weighted by atomic mass is 9.87. The molecule has 0 spiro atoms. The first kappa shape index (κ1) is 13.0. The molecule has 1 aliphatic carbocycles. The van der Waals surface area contributed by atoms with Crippen molar-refractivity contribution in [2.45, 2.75) is 38.5 Å². The van der Waals surface area contributed by atoms with Crippen LogP contribution in [0.4, 0.5) is 4.79 Å². The van der Waals surface area contributed by atoms with Gasteiger partial charge in [-0.05, 0) is 23.8 Å². The Balaban J connectivity index is 0.000000280. The summed E-state index contributed by atoms with van der Waals surface area (Å²) in [5.41, 5.74) is 0. The zero-order chi connectivity index (χ0) is 11.8. The summed E-state index contributed by atoms with van der Waals surface area (Å²) in [5, 5.41) is 16.1. The van der Waals surface area contributed by atoms with Crippen LogP contribution in [0.5, 0.6) is 0 Å². The largest absolute Gasteiger partial charge is 0.503 e. The highest BCUT2D eigenvalue weighted by Crippen LogP contribution is 2.27. The van der Waals surface area contributed by atoms with Gasteiger partial charge in [-0.1, -0.05) is 38.2 Å². The topological polar surface area (TPSA) is 57.5 Å². The molecule has 4 heteroatoms. The zero-order valence-electron chi connectivity index (χ0n) is 9.26. The molecule has 1 aromatic heterocycles. The van der Waals surface area contributed by atoms with E-state index in [0.29, 0.717) is 0 Å². The fourth-order valence-corrected chi connectivity index (χ4v) is 2.93. The van der Waals surface area contributed by atoms with Crippen LogP contribution in [-0.4, -0.2) is 16.4 Å². The molecule has 2 rings (SSSR count). The van der Waals surface area contributed by atoms with Crippen LogP contribution in [0.1, 0.15) is 37.0 Å². The summed E-state index contributed by atoms with van der Waals surface area (Å²) in [6, 6.07) is 4.45. The highest BCUT2D eigenvalue weighted by atomic mass is 32.1. The second kappa shape index (κ2) is 7.28. The van der Waals surface area contributed by atoms with Gasteiger partial charge in [0.25, 0.3) is 0 Å². The minimum Gasteiger partial charge on any atom is -0.450 e. The van der Waals surface area contributed by atoms with Crippen LogP contribution < -0.4 is 0 Å². The molecule has 0 aliphatic heterocycles. The van der Waals surface area contributed by atoms with Crippen LogP contribution in [0.25, 0.3) is 0 Å². The SMILES string of the molecule is O=C(O)O.c1csc(CC2CCCCC2)c1. The van der Waals surface area contributed by atoms with E-state index >= 15 is 0 Å². The normalized spacial score (nSPS) is 16.2.